The molecule has 1 aliphatic carbocycles. The highest BCUT2D eigenvalue weighted by molar-refractivity contribution is 4.81. The molecule has 2 unspecified atom stereocenters. The Labute approximate surface area is 94.4 Å². The molecule has 2 atom stereocenters. The maximum atomic E-state index is 3.69. The van der Waals surface area contributed by atoms with Crippen LogP contribution < -0.4 is 5.32 Å². The van der Waals surface area contributed by atoms with Gasteiger partial charge in [-0.25, -0.2) is 0 Å². The van der Waals surface area contributed by atoms with Gasteiger partial charge in [-0.2, -0.15) is 0 Å². The first-order chi connectivity index (χ1) is 7.25. The first-order valence-electron chi connectivity index (χ1n) is 6.73. The highest BCUT2D eigenvalue weighted by Crippen LogP contribution is 2.20. The predicted molar refractivity (Wildman–Crippen MR) is 65.1 cm³/mol. The van der Waals surface area contributed by atoms with Gasteiger partial charge >= 0.3 is 0 Å². The maximum Gasteiger partial charge on any atom is 0.0192 e. The lowest BCUT2D eigenvalue weighted by Crippen LogP contribution is -2.48. The van der Waals surface area contributed by atoms with Crippen molar-refractivity contribution in [3.63, 3.8) is 0 Å². The second-order valence-corrected chi connectivity index (χ2v) is 5.63. The van der Waals surface area contributed by atoms with Crippen LogP contribution in [0.15, 0.2) is 0 Å². The number of likely N-dealkylation sites (tertiary alicyclic amines) is 1. The number of nitrogens with zero attached hydrogens (tertiary/aromatic N) is 1. The molecule has 2 nitrogen and oxygen atoms in total. The zero-order valence-electron chi connectivity index (χ0n) is 10.3. The van der Waals surface area contributed by atoms with Crippen LogP contribution in [0.3, 0.4) is 0 Å². The molecule has 88 valence electrons. The monoisotopic (exact) mass is 210 g/mol. The molecule has 2 rings (SSSR count). The van der Waals surface area contributed by atoms with Gasteiger partial charge in [0, 0.05) is 25.2 Å². The first-order valence-corrected chi connectivity index (χ1v) is 6.73. The van der Waals surface area contributed by atoms with Crippen molar-refractivity contribution in [2.24, 2.45) is 5.92 Å². The van der Waals surface area contributed by atoms with Gasteiger partial charge in [0.25, 0.3) is 0 Å². The van der Waals surface area contributed by atoms with Crippen LogP contribution in [0.1, 0.15) is 46.0 Å². The second kappa shape index (κ2) is 5.31. The highest BCUT2D eigenvalue weighted by atomic mass is 15.2. The molecule has 1 heterocycles. The topological polar surface area (TPSA) is 15.3 Å². The van der Waals surface area contributed by atoms with Gasteiger partial charge in [-0.3, -0.25) is 4.90 Å². The van der Waals surface area contributed by atoms with Crippen molar-refractivity contribution in [1.82, 2.24) is 10.2 Å². The summed E-state index contributed by atoms with van der Waals surface area (Å²) in [7, 11) is 0. The van der Waals surface area contributed by atoms with Gasteiger partial charge < -0.3 is 5.32 Å². The number of rotatable bonds is 4. The van der Waals surface area contributed by atoms with E-state index in [-0.39, 0.29) is 0 Å². The standard InChI is InChI=1S/C13H26N2/c1-11-5-4-8-15(10-11)12(2)9-14-13-6-3-7-13/h11-14H,3-10H2,1-2H3. The number of hydrogen-bond acceptors (Lipinski definition) is 2. The minimum Gasteiger partial charge on any atom is -0.312 e. The normalized spacial score (nSPS) is 31.2. The molecule has 2 heteroatoms. The lowest BCUT2D eigenvalue weighted by molar-refractivity contribution is 0.131. The largest absolute Gasteiger partial charge is 0.312 e. The van der Waals surface area contributed by atoms with Crippen LogP contribution in [0.4, 0.5) is 0 Å². The van der Waals surface area contributed by atoms with E-state index in [1.807, 2.05) is 0 Å². The quantitative estimate of drug-likeness (QED) is 0.765. The molecule has 1 N–H and O–H groups in total. The van der Waals surface area contributed by atoms with Gasteiger partial charge in [-0.05, 0) is 45.1 Å². The Morgan fingerprint density at radius 3 is 2.67 bits per heavy atom. The second-order valence-electron chi connectivity index (χ2n) is 5.63. The molecule has 0 aromatic heterocycles. The SMILES string of the molecule is CC1CCCN(C(C)CNC2CCC2)C1. The zero-order valence-corrected chi connectivity index (χ0v) is 10.3. The summed E-state index contributed by atoms with van der Waals surface area (Å²) >= 11 is 0. The molecule has 0 radical (unpaired) electrons. The van der Waals surface area contributed by atoms with E-state index in [9.17, 15) is 0 Å². The summed E-state index contributed by atoms with van der Waals surface area (Å²) in [4.78, 5) is 2.67. The average molecular weight is 210 g/mol. The molecular weight excluding hydrogens is 184 g/mol. The van der Waals surface area contributed by atoms with Gasteiger partial charge in [-0.15, -0.1) is 0 Å². The summed E-state index contributed by atoms with van der Waals surface area (Å²) in [5.41, 5.74) is 0. The Balaban J connectivity index is 1.66. The fourth-order valence-corrected chi connectivity index (χ4v) is 2.70. The van der Waals surface area contributed by atoms with Crippen molar-refractivity contribution in [2.75, 3.05) is 19.6 Å². The molecular formula is C13H26N2. The van der Waals surface area contributed by atoms with Crippen molar-refractivity contribution in [3.8, 4) is 0 Å². The van der Waals surface area contributed by atoms with E-state index in [2.05, 4.69) is 24.1 Å². The lowest BCUT2D eigenvalue weighted by Gasteiger charge is -2.37. The average Bonchev–Trinajstić information content (AvgIpc) is 2.15. The Morgan fingerprint density at radius 1 is 1.27 bits per heavy atom. The molecule has 15 heavy (non-hydrogen) atoms. The van der Waals surface area contributed by atoms with Crippen LogP contribution in [-0.4, -0.2) is 36.6 Å². The third kappa shape index (κ3) is 3.18. The van der Waals surface area contributed by atoms with Crippen LogP contribution in [0.2, 0.25) is 0 Å². The van der Waals surface area contributed by atoms with Crippen molar-refractivity contribution in [2.45, 2.75) is 58.0 Å². The molecule has 0 aromatic carbocycles. The van der Waals surface area contributed by atoms with Gasteiger partial charge in [0.1, 0.15) is 0 Å². The first kappa shape index (κ1) is 11.4. The summed E-state index contributed by atoms with van der Waals surface area (Å²) in [6.07, 6.45) is 7.08. The molecule has 2 aliphatic rings. The van der Waals surface area contributed by atoms with Crippen LogP contribution in [0.5, 0.6) is 0 Å². The summed E-state index contributed by atoms with van der Waals surface area (Å²) in [6.45, 7) is 8.59. The van der Waals surface area contributed by atoms with Crippen LogP contribution in [0.25, 0.3) is 0 Å². The van der Waals surface area contributed by atoms with Crippen molar-refractivity contribution in [3.05, 3.63) is 0 Å². The summed E-state index contributed by atoms with van der Waals surface area (Å²) in [6, 6.07) is 1.57. The van der Waals surface area contributed by atoms with Crippen LogP contribution >= 0.6 is 0 Å². The third-order valence-corrected chi connectivity index (χ3v) is 4.12. The van der Waals surface area contributed by atoms with E-state index >= 15 is 0 Å². The van der Waals surface area contributed by atoms with Gasteiger partial charge in [0.05, 0.1) is 0 Å². The minimum atomic E-state index is 0.730. The molecule has 1 saturated heterocycles. The predicted octanol–water partition coefficient (Wildman–Crippen LogP) is 2.25. The van der Waals surface area contributed by atoms with Crippen molar-refractivity contribution < 1.29 is 0 Å². The maximum absolute atomic E-state index is 3.69. The fourth-order valence-electron chi connectivity index (χ4n) is 2.70. The summed E-state index contributed by atoms with van der Waals surface area (Å²) < 4.78 is 0. The van der Waals surface area contributed by atoms with Gasteiger partial charge in [0.15, 0.2) is 0 Å². The molecule has 0 amide bonds. The van der Waals surface area contributed by atoms with E-state index in [0.717, 1.165) is 18.0 Å². The summed E-state index contributed by atoms with van der Waals surface area (Å²) in [5, 5.41) is 3.69. The number of nitrogens with one attached hydrogen (secondary N) is 1. The van der Waals surface area contributed by atoms with E-state index in [4.69, 9.17) is 0 Å². The minimum absolute atomic E-state index is 0.730. The zero-order chi connectivity index (χ0) is 10.7. The molecule has 2 fully saturated rings. The third-order valence-electron chi connectivity index (χ3n) is 4.12. The van der Waals surface area contributed by atoms with E-state index < -0.39 is 0 Å². The molecule has 0 spiro atoms. The van der Waals surface area contributed by atoms with Crippen LogP contribution in [0, 0.1) is 5.92 Å². The Bertz CT molecular complexity index is 189. The Kier molecular flexibility index (Phi) is 4.04. The van der Waals surface area contributed by atoms with E-state index in [1.54, 1.807) is 0 Å². The number of piperidine rings is 1. The highest BCUT2D eigenvalue weighted by Gasteiger charge is 2.22. The molecule has 0 aromatic rings. The van der Waals surface area contributed by atoms with E-state index in [1.165, 1.54) is 51.7 Å². The Morgan fingerprint density at radius 2 is 2.07 bits per heavy atom. The summed E-state index contributed by atoms with van der Waals surface area (Å²) in [5.74, 6) is 0.907. The molecule has 1 aliphatic heterocycles. The van der Waals surface area contributed by atoms with E-state index in [0.29, 0.717) is 0 Å². The lowest BCUT2D eigenvalue weighted by atomic mass is 9.93. The van der Waals surface area contributed by atoms with Gasteiger partial charge in [-0.1, -0.05) is 13.3 Å². The van der Waals surface area contributed by atoms with Crippen molar-refractivity contribution >= 4 is 0 Å². The fraction of sp³-hybridized carbons (Fsp3) is 1.00. The van der Waals surface area contributed by atoms with Gasteiger partial charge in [0.2, 0.25) is 0 Å². The Hall–Kier alpha value is -0.0800. The molecule has 1 saturated carbocycles. The van der Waals surface area contributed by atoms with Crippen molar-refractivity contribution in [1.29, 1.82) is 0 Å². The number of hydrogen-bond donors (Lipinski definition) is 1. The molecule has 0 bridgehead atoms. The smallest absolute Gasteiger partial charge is 0.0192 e. The van der Waals surface area contributed by atoms with Crippen LogP contribution in [-0.2, 0) is 0 Å².